The van der Waals surface area contributed by atoms with Crippen molar-refractivity contribution in [1.29, 1.82) is 5.26 Å². The monoisotopic (exact) mass is 500 g/mol. The second-order valence-electron chi connectivity index (χ2n) is 8.85. The minimum Gasteiger partial charge on any atom is -0.489 e. The van der Waals surface area contributed by atoms with E-state index in [1.165, 1.54) is 7.05 Å². The Morgan fingerprint density at radius 2 is 1.58 bits per heavy atom. The molecule has 1 aromatic heterocycles. The molecule has 0 radical (unpaired) electrons. The van der Waals surface area contributed by atoms with Gasteiger partial charge >= 0.3 is 0 Å². The van der Waals surface area contributed by atoms with Crippen LogP contribution in [0.1, 0.15) is 18.1 Å². The number of rotatable bonds is 6. The van der Waals surface area contributed by atoms with E-state index in [1.54, 1.807) is 17.7 Å². The van der Waals surface area contributed by atoms with Crippen LogP contribution in [0.4, 0.5) is 0 Å². The molecule has 0 spiro atoms. The first kappa shape index (κ1) is 24.5. The molecular weight excluding hydrogens is 476 g/mol. The lowest BCUT2D eigenvalue weighted by molar-refractivity contribution is -0.138. The number of benzene rings is 3. The van der Waals surface area contributed by atoms with Crippen molar-refractivity contribution in [3.05, 3.63) is 119 Å². The highest BCUT2D eigenvalue weighted by Crippen LogP contribution is 2.31. The van der Waals surface area contributed by atoms with Gasteiger partial charge in [0.25, 0.3) is 11.8 Å². The first-order valence-electron chi connectivity index (χ1n) is 12.0. The van der Waals surface area contributed by atoms with Crippen molar-refractivity contribution in [3.8, 4) is 28.8 Å². The van der Waals surface area contributed by atoms with E-state index >= 15 is 0 Å². The maximum atomic E-state index is 13.0. The topological polar surface area (TPSA) is 88.2 Å². The summed E-state index contributed by atoms with van der Waals surface area (Å²) in [5.41, 5.74) is 4.66. The number of aromatic nitrogens is 2. The summed E-state index contributed by atoms with van der Waals surface area (Å²) in [5, 5.41) is 14.3. The highest BCUT2D eigenvalue weighted by molar-refractivity contribution is 6.19. The number of para-hydroxylation sites is 1. The van der Waals surface area contributed by atoms with Crippen molar-refractivity contribution in [2.45, 2.75) is 13.5 Å². The molecule has 0 atom stereocenters. The second kappa shape index (κ2) is 10.4. The summed E-state index contributed by atoms with van der Waals surface area (Å²) in [6.45, 7) is 2.08. The third kappa shape index (κ3) is 4.75. The quantitative estimate of drug-likeness (QED) is 0.263. The molecule has 7 nitrogen and oxygen atoms in total. The lowest BCUT2D eigenvalue weighted by atomic mass is 9.93. The van der Waals surface area contributed by atoms with E-state index in [-0.39, 0.29) is 11.1 Å². The van der Waals surface area contributed by atoms with Crippen molar-refractivity contribution in [2.75, 3.05) is 7.05 Å². The van der Waals surface area contributed by atoms with Gasteiger partial charge in [-0.2, -0.15) is 10.4 Å². The van der Waals surface area contributed by atoms with Gasteiger partial charge in [0.05, 0.1) is 11.4 Å². The lowest BCUT2D eigenvalue weighted by Gasteiger charge is -2.23. The van der Waals surface area contributed by atoms with Crippen molar-refractivity contribution in [3.63, 3.8) is 0 Å². The molecule has 2 heterocycles. The molecule has 4 aromatic rings. The molecule has 0 saturated carbocycles. The minimum atomic E-state index is -0.599. The Morgan fingerprint density at radius 3 is 2.24 bits per heavy atom. The van der Waals surface area contributed by atoms with Gasteiger partial charge in [0.2, 0.25) is 0 Å². The maximum absolute atomic E-state index is 13.0. The predicted molar refractivity (Wildman–Crippen MR) is 144 cm³/mol. The van der Waals surface area contributed by atoms with Crippen LogP contribution >= 0.6 is 0 Å². The normalized spacial score (nSPS) is 14.7. The van der Waals surface area contributed by atoms with Crippen molar-refractivity contribution in [2.24, 2.45) is 0 Å². The van der Waals surface area contributed by atoms with E-state index in [9.17, 15) is 14.9 Å². The molecule has 0 fully saturated rings. The summed E-state index contributed by atoms with van der Waals surface area (Å²) in [4.78, 5) is 26.4. The van der Waals surface area contributed by atoms with Gasteiger partial charge in [-0.25, -0.2) is 4.68 Å². The number of amides is 2. The number of likely N-dealkylation sites (N-methyl/N-ethyl adjacent to an activating group) is 1. The molecule has 0 N–H and O–H groups in total. The van der Waals surface area contributed by atoms with E-state index in [4.69, 9.17) is 9.84 Å². The molecule has 2 amide bonds. The van der Waals surface area contributed by atoms with E-state index < -0.39 is 11.8 Å². The van der Waals surface area contributed by atoms with Crippen LogP contribution in [-0.2, 0) is 16.2 Å². The number of imide groups is 1. The summed E-state index contributed by atoms with van der Waals surface area (Å²) < 4.78 is 7.67. The molecule has 3 aromatic carbocycles. The van der Waals surface area contributed by atoms with Gasteiger partial charge in [-0.15, -0.1) is 0 Å². The molecule has 38 heavy (non-hydrogen) atoms. The van der Waals surface area contributed by atoms with Crippen LogP contribution in [0.25, 0.3) is 23.0 Å². The highest BCUT2D eigenvalue weighted by Gasteiger charge is 2.33. The number of hydrogen-bond donors (Lipinski definition) is 0. The van der Waals surface area contributed by atoms with E-state index in [2.05, 4.69) is 0 Å². The third-order valence-electron chi connectivity index (χ3n) is 6.38. The van der Waals surface area contributed by atoms with Crippen LogP contribution in [0.3, 0.4) is 0 Å². The zero-order chi connectivity index (χ0) is 26.6. The number of ether oxygens (including phenoxy) is 1. The predicted octanol–water partition coefficient (Wildman–Crippen LogP) is 5.34. The molecule has 186 valence electrons. The van der Waals surface area contributed by atoms with Gasteiger partial charge < -0.3 is 4.74 Å². The number of carbonyl (C=O) groups is 2. The molecule has 5 rings (SSSR count). The Hall–Kier alpha value is -5.22. The smallest absolute Gasteiger partial charge is 0.271 e. The number of carbonyl (C=O) groups excluding carboxylic acids is 2. The van der Waals surface area contributed by atoms with Gasteiger partial charge in [0, 0.05) is 29.9 Å². The largest absolute Gasteiger partial charge is 0.489 e. The molecular formula is C31H24N4O3. The molecule has 0 bridgehead atoms. The number of nitrogens with zero attached hydrogens (tertiary/aromatic N) is 4. The highest BCUT2D eigenvalue weighted by atomic mass is 16.5. The van der Waals surface area contributed by atoms with Crippen LogP contribution < -0.4 is 4.74 Å². The van der Waals surface area contributed by atoms with E-state index in [1.807, 2.05) is 97.2 Å². The summed E-state index contributed by atoms with van der Waals surface area (Å²) in [7, 11) is 1.38. The maximum Gasteiger partial charge on any atom is 0.271 e. The van der Waals surface area contributed by atoms with Crippen molar-refractivity contribution in [1.82, 2.24) is 14.7 Å². The van der Waals surface area contributed by atoms with Crippen LogP contribution in [0.5, 0.6) is 5.75 Å². The SMILES string of the molecule is CC1=C(C#N)C(=O)N(C)C(=O)/C1=C/c1cn(-c2ccccc2)nc1-c1ccc(OCc2ccccc2)cc1. The zero-order valence-electron chi connectivity index (χ0n) is 21.0. The number of nitriles is 1. The number of hydrogen-bond acceptors (Lipinski definition) is 5. The van der Waals surface area contributed by atoms with E-state index in [0.29, 0.717) is 23.4 Å². The second-order valence-corrected chi connectivity index (χ2v) is 8.85. The van der Waals surface area contributed by atoms with Crippen molar-refractivity contribution >= 4 is 17.9 Å². The minimum absolute atomic E-state index is 0.0460. The lowest BCUT2D eigenvalue weighted by Crippen LogP contribution is -2.39. The van der Waals surface area contributed by atoms with Gasteiger partial charge in [0.1, 0.15) is 24.0 Å². The Kier molecular flexibility index (Phi) is 6.70. The van der Waals surface area contributed by atoms with Crippen LogP contribution in [0.15, 0.2) is 108 Å². The average Bonchev–Trinajstić information content (AvgIpc) is 3.39. The zero-order valence-corrected chi connectivity index (χ0v) is 21.0. The molecule has 0 aliphatic carbocycles. The Morgan fingerprint density at radius 1 is 0.921 bits per heavy atom. The molecule has 0 saturated heterocycles. The van der Waals surface area contributed by atoms with Crippen LogP contribution in [-0.4, -0.2) is 33.5 Å². The van der Waals surface area contributed by atoms with Gasteiger partial charge in [-0.05, 0) is 60.5 Å². The van der Waals surface area contributed by atoms with Gasteiger partial charge in [-0.1, -0.05) is 48.5 Å². The summed E-state index contributed by atoms with van der Waals surface area (Å²) in [6.07, 6.45) is 3.53. The molecule has 7 heteroatoms. The van der Waals surface area contributed by atoms with Crippen molar-refractivity contribution < 1.29 is 14.3 Å². The Balaban J connectivity index is 1.55. The van der Waals surface area contributed by atoms with Crippen LogP contribution in [0, 0.1) is 11.3 Å². The Labute approximate surface area is 220 Å². The Bertz CT molecular complexity index is 1610. The molecule has 1 aliphatic heterocycles. The summed E-state index contributed by atoms with van der Waals surface area (Å²) in [5.74, 6) is -0.340. The average molecular weight is 501 g/mol. The fraction of sp³-hybridized carbons (Fsp3) is 0.0968. The first-order valence-corrected chi connectivity index (χ1v) is 12.0. The molecule has 1 aliphatic rings. The molecule has 0 unspecified atom stereocenters. The standard InChI is InChI=1S/C31H24N4O3/c1-21-27(30(36)34(2)31(37)28(21)18-32)17-24-19-35(25-11-7-4-8-12-25)33-29(24)23-13-15-26(16-14-23)38-20-22-9-5-3-6-10-22/h3-17,19H,20H2,1-2H3/b27-17+. The summed E-state index contributed by atoms with van der Waals surface area (Å²) in [6, 6.07) is 29.1. The third-order valence-corrected chi connectivity index (χ3v) is 6.38. The van der Waals surface area contributed by atoms with Gasteiger partial charge in [0.15, 0.2) is 0 Å². The fourth-order valence-corrected chi connectivity index (χ4v) is 4.23. The van der Waals surface area contributed by atoms with E-state index in [0.717, 1.165) is 27.5 Å². The van der Waals surface area contributed by atoms with Gasteiger partial charge in [-0.3, -0.25) is 14.5 Å². The van der Waals surface area contributed by atoms with Crippen LogP contribution in [0.2, 0.25) is 0 Å². The summed E-state index contributed by atoms with van der Waals surface area (Å²) >= 11 is 0. The fourth-order valence-electron chi connectivity index (χ4n) is 4.23. The first-order chi connectivity index (χ1) is 18.5.